The van der Waals surface area contributed by atoms with E-state index in [9.17, 15) is 4.79 Å². The van der Waals surface area contributed by atoms with E-state index in [4.69, 9.17) is 32.7 Å². The highest BCUT2D eigenvalue weighted by atomic mass is 35.5. The minimum Gasteiger partial charge on any atom is -0.497 e. The SMILES string of the molecule is COc1ccc(NC(C)C(=O)Nc2cc(Cl)ccc2Cl)c(OC)c1. The molecular weight excluding hydrogens is 351 g/mol. The Morgan fingerprint density at radius 2 is 1.79 bits per heavy atom. The summed E-state index contributed by atoms with van der Waals surface area (Å²) in [4.78, 5) is 12.4. The molecule has 24 heavy (non-hydrogen) atoms. The molecule has 2 aromatic rings. The number of methoxy groups -OCH3 is 2. The molecular formula is C17H18Cl2N2O3. The summed E-state index contributed by atoms with van der Waals surface area (Å²) in [7, 11) is 3.13. The summed E-state index contributed by atoms with van der Waals surface area (Å²) in [6, 6.07) is 9.66. The van der Waals surface area contributed by atoms with Gasteiger partial charge in [0.05, 0.1) is 30.6 Å². The lowest BCUT2D eigenvalue weighted by atomic mass is 10.2. The van der Waals surface area contributed by atoms with Crippen LogP contribution in [0, 0.1) is 0 Å². The second kappa shape index (κ2) is 8.13. The summed E-state index contributed by atoms with van der Waals surface area (Å²) in [5.74, 6) is 0.993. The maximum atomic E-state index is 12.4. The van der Waals surface area contributed by atoms with Gasteiger partial charge in [-0.15, -0.1) is 0 Å². The van der Waals surface area contributed by atoms with Crippen LogP contribution in [0.4, 0.5) is 11.4 Å². The number of anilines is 2. The van der Waals surface area contributed by atoms with Crippen LogP contribution in [0.3, 0.4) is 0 Å². The zero-order valence-corrected chi connectivity index (χ0v) is 15.0. The number of nitrogens with one attached hydrogen (secondary N) is 2. The maximum Gasteiger partial charge on any atom is 0.246 e. The van der Waals surface area contributed by atoms with Crippen molar-refractivity contribution in [1.82, 2.24) is 0 Å². The van der Waals surface area contributed by atoms with Crippen LogP contribution in [0.2, 0.25) is 10.0 Å². The lowest BCUT2D eigenvalue weighted by Gasteiger charge is -2.18. The summed E-state index contributed by atoms with van der Waals surface area (Å²) >= 11 is 12.0. The van der Waals surface area contributed by atoms with Gasteiger partial charge in [0.1, 0.15) is 17.5 Å². The number of carbonyl (C=O) groups excluding carboxylic acids is 1. The van der Waals surface area contributed by atoms with Gasteiger partial charge >= 0.3 is 0 Å². The highest BCUT2D eigenvalue weighted by Gasteiger charge is 2.16. The predicted molar refractivity (Wildman–Crippen MR) is 97.7 cm³/mol. The first-order valence-electron chi connectivity index (χ1n) is 7.19. The molecule has 0 saturated heterocycles. The van der Waals surface area contributed by atoms with Crippen LogP contribution in [0.15, 0.2) is 36.4 Å². The third-order valence-corrected chi connectivity index (χ3v) is 3.92. The van der Waals surface area contributed by atoms with Crippen molar-refractivity contribution in [3.8, 4) is 11.5 Å². The Kier molecular flexibility index (Phi) is 6.17. The van der Waals surface area contributed by atoms with Crippen LogP contribution in [0.25, 0.3) is 0 Å². The zero-order chi connectivity index (χ0) is 17.7. The van der Waals surface area contributed by atoms with Gasteiger partial charge in [0.2, 0.25) is 5.91 Å². The fourth-order valence-electron chi connectivity index (χ4n) is 2.05. The summed E-state index contributed by atoms with van der Waals surface area (Å²) in [6.45, 7) is 1.73. The van der Waals surface area contributed by atoms with Gasteiger partial charge in [-0.1, -0.05) is 23.2 Å². The van der Waals surface area contributed by atoms with Crippen LogP contribution >= 0.6 is 23.2 Å². The largest absolute Gasteiger partial charge is 0.497 e. The van der Waals surface area contributed by atoms with Crippen molar-refractivity contribution < 1.29 is 14.3 Å². The van der Waals surface area contributed by atoms with Crippen molar-refractivity contribution in [1.29, 1.82) is 0 Å². The van der Waals surface area contributed by atoms with Gasteiger partial charge < -0.3 is 20.1 Å². The highest BCUT2D eigenvalue weighted by molar-refractivity contribution is 6.35. The van der Waals surface area contributed by atoms with E-state index >= 15 is 0 Å². The topological polar surface area (TPSA) is 59.6 Å². The van der Waals surface area contributed by atoms with Gasteiger partial charge in [-0.2, -0.15) is 0 Å². The predicted octanol–water partition coefficient (Wildman–Crippen LogP) is 4.45. The van der Waals surface area contributed by atoms with Crippen LogP contribution in [0.1, 0.15) is 6.92 Å². The van der Waals surface area contributed by atoms with Crippen LogP contribution in [-0.2, 0) is 4.79 Å². The summed E-state index contributed by atoms with van der Waals surface area (Å²) in [5.41, 5.74) is 1.14. The summed E-state index contributed by atoms with van der Waals surface area (Å²) < 4.78 is 10.5. The Morgan fingerprint density at radius 1 is 1.04 bits per heavy atom. The first-order valence-corrected chi connectivity index (χ1v) is 7.94. The molecule has 0 aliphatic rings. The molecule has 1 amide bonds. The van der Waals surface area contributed by atoms with Gasteiger partial charge in [0, 0.05) is 11.1 Å². The van der Waals surface area contributed by atoms with Crippen molar-refractivity contribution in [3.63, 3.8) is 0 Å². The Hall–Kier alpha value is -2.11. The number of carbonyl (C=O) groups is 1. The lowest BCUT2D eigenvalue weighted by molar-refractivity contribution is -0.116. The minimum atomic E-state index is -0.526. The van der Waals surface area contributed by atoms with Gasteiger partial charge in [-0.3, -0.25) is 4.79 Å². The van der Waals surface area contributed by atoms with Crippen molar-refractivity contribution in [2.45, 2.75) is 13.0 Å². The second-order valence-electron chi connectivity index (χ2n) is 5.05. The van der Waals surface area contributed by atoms with E-state index in [1.54, 1.807) is 57.5 Å². The standard InChI is InChI=1S/C17H18Cl2N2O3/c1-10(17(22)21-15-8-11(18)4-6-13(15)19)20-14-7-5-12(23-2)9-16(14)24-3/h4-10,20H,1-3H3,(H,21,22). The van der Waals surface area contributed by atoms with Crippen LogP contribution in [0.5, 0.6) is 11.5 Å². The van der Waals surface area contributed by atoms with E-state index in [0.717, 1.165) is 0 Å². The van der Waals surface area contributed by atoms with Crippen molar-refractivity contribution >= 4 is 40.5 Å². The molecule has 0 saturated carbocycles. The van der Waals surface area contributed by atoms with E-state index < -0.39 is 6.04 Å². The van der Waals surface area contributed by atoms with Crippen LogP contribution in [-0.4, -0.2) is 26.2 Å². The number of hydrogen-bond acceptors (Lipinski definition) is 4. The smallest absolute Gasteiger partial charge is 0.246 e. The molecule has 2 rings (SSSR count). The van der Waals surface area contributed by atoms with Crippen molar-refractivity contribution in [3.05, 3.63) is 46.4 Å². The first kappa shape index (κ1) is 18.2. The Morgan fingerprint density at radius 3 is 2.46 bits per heavy atom. The van der Waals surface area contributed by atoms with Crippen molar-refractivity contribution in [2.75, 3.05) is 24.9 Å². The van der Waals surface area contributed by atoms with Gasteiger partial charge in [0.15, 0.2) is 0 Å². The number of halogens is 2. The third-order valence-electron chi connectivity index (χ3n) is 3.36. The molecule has 128 valence electrons. The number of rotatable bonds is 6. The van der Waals surface area contributed by atoms with Crippen LogP contribution < -0.4 is 20.1 Å². The molecule has 2 aromatic carbocycles. The normalized spacial score (nSPS) is 11.5. The Labute approximate surface area is 150 Å². The van der Waals surface area contributed by atoms with Gasteiger partial charge in [-0.05, 0) is 37.3 Å². The third kappa shape index (κ3) is 4.46. The Balaban J connectivity index is 2.10. The summed E-state index contributed by atoms with van der Waals surface area (Å²) in [5, 5.41) is 6.76. The van der Waals surface area contributed by atoms with E-state index in [2.05, 4.69) is 10.6 Å². The monoisotopic (exact) mass is 368 g/mol. The molecule has 0 heterocycles. The van der Waals surface area contributed by atoms with E-state index in [1.807, 2.05) is 0 Å². The quantitative estimate of drug-likeness (QED) is 0.790. The molecule has 1 unspecified atom stereocenters. The lowest BCUT2D eigenvalue weighted by Crippen LogP contribution is -2.32. The molecule has 0 fully saturated rings. The molecule has 0 aliphatic heterocycles. The molecule has 0 bridgehead atoms. The number of amides is 1. The molecule has 5 nitrogen and oxygen atoms in total. The zero-order valence-electron chi connectivity index (χ0n) is 13.5. The van der Waals surface area contributed by atoms with E-state index in [0.29, 0.717) is 32.9 Å². The number of benzene rings is 2. The van der Waals surface area contributed by atoms with Gasteiger partial charge in [0.25, 0.3) is 0 Å². The summed E-state index contributed by atoms with van der Waals surface area (Å²) in [6.07, 6.45) is 0. The average Bonchev–Trinajstić information content (AvgIpc) is 2.58. The van der Waals surface area contributed by atoms with Gasteiger partial charge in [-0.25, -0.2) is 0 Å². The number of ether oxygens (including phenoxy) is 2. The molecule has 0 aliphatic carbocycles. The molecule has 0 spiro atoms. The second-order valence-corrected chi connectivity index (χ2v) is 5.89. The molecule has 0 aromatic heterocycles. The molecule has 2 N–H and O–H groups in total. The maximum absolute atomic E-state index is 12.4. The molecule has 7 heteroatoms. The fourth-order valence-corrected chi connectivity index (χ4v) is 2.39. The number of hydrogen-bond donors (Lipinski definition) is 2. The molecule has 1 atom stereocenters. The Bertz CT molecular complexity index is 738. The average molecular weight is 369 g/mol. The highest BCUT2D eigenvalue weighted by Crippen LogP contribution is 2.30. The fraction of sp³-hybridized carbons (Fsp3) is 0.235. The molecule has 0 radical (unpaired) electrons. The van der Waals surface area contributed by atoms with Crippen molar-refractivity contribution in [2.24, 2.45) is 0 Å². The van der Waals surface area contributed by atoms with E-state index in [-0.39, 0.29) is 5.91 Å². The first-order chi connectivity index (χ1) is 11.4. The minimum absolute atomic E-state index is 0.253. The van der Waals surface area contributed by atoms with E-state index in [1.165, 1.54) is 0 Å².